The van der Waals surface area contributed by atoms with Crippen LogP contribution in [-0.4, -0.2) is 48.8 Å². The summed E-state index contributed by atoms with van der Waals surface area (Å²) in [6.07, 6.45) is 4.22. The van der Waals surface area contributed by atoms with Crippen LogP contribution in [-0.2, 0) is 21.4 Å². The Labute approximate surface area is 230 Å². The van der Waals surface area contributed by atoms with Crippen molar-refractivity contribution in [3.8, 4) is 5.75 Å². The average molecular weight is 571 g/mol. The lowest BCUT2D eigenvalue weighted by molar-refractivity contribution is -0.123. The number of carbonyl (C=O) groups excluding carboxylic acids is 1. The quantitative estimate of drug-likeness (QED) is 0.299. The number of benzene rings is 2. The van der Waals surface area contributed by atoms with E-state index in [1.807, 2.05) is 19.1 Å². The van der Waals surface area contributed by atoms with E-state index >= 15 is 0 Å². The van der Waals surface area contributed by atoms with Crippen LogP contribution in [0.15, 0.2) is 65.8 Å². The molecular formula is C27H27ClN4O4S2. The monoisotopic (exact) mass is 570 g/mol. The highest BCUT2D eigenvalue weighted by Crippen LogP contribution is 2.40. The number of aryl methyl sites for hydroxylation is 1. The number of amides is 1. The minimum atomic E-state index is -3.62. The Morgan fingerprint density at radius 2 is 1.79 bits per heavy atom. The molecule has 0 atom stereocenters. The molecule has 0 saturated carbocycles. The molecule has 1 aliphatic heterocycles. The molecule has 1 saturated heterocycles. The first kappa shape index (κ1) is 26.6. The van der Waals surface area contributed by atoms with Crippen molar-refractivity contribution in [2.45, 2.75) is 31.2 Å². The topological polar surface area (TPSA) is 92.7 Å². The maximum Gasteiger partial charge on any atom is 0.243 e. The van der Waals surface area contributed by atoms with Gasteiger partial charge in [0.15, 0.2) is 5.13 Å². The highest BCUT2D eigenvalue weighted by atomic mass is 35.5. The minimum absolute atomic E-state index is 0.0941. The molecule has 5 rings (SSSR count). The number of sulfonamides is 1. The summed E-state index contributed by atoms with van der Waals surface area (Å²) in [5.41, 5.74) is 2.51. The van der Waals surface area contributed by atoms with E-state index < -0.39 is 10.0 Å². The smallest absolute Gasteiger partial charge is 0.243 e. The van der Waals surface area contributed by atoms with Crippen molar-refractivity contribution in [3.63, 3.8) is 0 Å². The second-order valence-corrected chi connectivity index (χ2v) is 12.5. The standard InChI is InChI=1S/C27H27ClN4O4S2/c1-18-3-5-21(6-4-18)38(34,35)31-15-11-20(12-16-31)26(33)32(17-19-9-13-29-14-10-19)27-30-24-23(36-2)8-7-22(28)25(24)37-27/h3-10,13-14,20H,11-12,15-17H2,1-2H3. The zero-order valence-electron chi connectivity index (χ0n) is 21.0. The number of hydrogen-bond donors (Lipinski definition) is 0. The molecule has 198 valence electrons. The summed E-state index contributed by atoms with van der Waals surface area (Å²) in [6.45, 7) is 2.77. The van der Waals surface area contributed by atoms with Crippen molar-refractivity contribution in [1.82, 2.24) is 14.3 Å². The van der Waals surface area contributed by atoms with Gasteiger partial charge in [-0.1, -0.05) is 40.6 Å². The summed E-state index contributed by atoms with van der Waals surface area (Å²) in [6, 6.07) is 14.1. The molecule has 4 aromatic rings. The highest BCUT2D eigenvalue weighted by molar-refractivity contribution is 7.89. The number of aromatic nitrogens is 2. The fourth-order valence-electron chi connectivity index (χ4n) is 4.55. The molecule has 0 radical (unpaired) electrons. The molecule has 8 nitrogen and oxygen atoms in total. The zero-order valence-corrected chi connectivity index (χ0v) is 23.4. The maximum atomic E-state index is 13.9. The fraction of sp³-hybridized carbons (Fsp3) is 0.296. The third kappa shape index (κ3) is 5.26. The molecule has 11 heteroatoms. The van der Waals surface area contributed by atoms with Gasteiger partial charge in [0.25, 0.3) is 0 Å². The van der Waals surface area contributed by atoms with E-state index in [0.717, 1.165) is 15.8 Å². The molecule has 3 heterocycles. The van der Waals surface area contributed by atoms with Crippen LogP contribution in [0, 0.1) is 12.8 Å². The number of rotatable bonds is 7. The van der Waals surface area contributed by atoms with Crippen LogP contribution in [0.25, 0.3) is 10.2 Å². The fourth-order valence-corrected chi connectivity index (χ4v) is 7.29. The van der Waals surface area contributed by atoms with Gasteiger partial charge < -0.3 is 4.74 Å². The Balaban J connectivity index is 1.40. The van der Waals surface area contributed by atoms with Gasteiger partial charge in [0.2, 0.25) is 15.9 Å². The number of hydrogen-bond acceptors (Lipinski definition) is 7. The Hall–Kier alpha value is -3.05. The van der Waals surface area contributed by atoms with E-state index in [9.17, 15) is 13.2 Å². The number of fused-ring (bicyclic) bond motifs is 1. The van der Waals surface area contributed by atoms with E-state index in [4.69, 9.17) is 21.3 Å². The number of halogens is 1. The van der Waals surface area contributed by atoms with Gasteiger partial charge in [-0.15, -0.1) is 0 Å². The summed E-state index contributed by atoms with van der Waals surface area (Å²) in [5, 5.41) is 1.05. The summed E-state index contributed by atoms with van der Waals surface area (Å²) < 4.78 is 34.0. The van der Waals surface area contributed by atoms with Crippen LogP contribution in [0.1, 0.15) is 24.0 Å². The molecule has 2 aromatic heterocycles. The minimum Gasteiger partial charge on any atom is -0.494 e. The molecular weight excluding hydrogens is 544 g/mol. The number of methoxy groups -OCH3 is 1. The van der Waals surface area contributed by atoms with Crippen LogP contribution in [0.3, 0.4) is 0 Å². The van der Waals surface area contributed by atoms with Gasteiger partial charge in [-0.2, -0.15) is 4.31 Å². The normalized spacial score (nSPS) is 15.0. The van der Waals surface area contributed by atoms with Gasteiger partial charge in [-0.25, -0.2) is 13.4 Å². The molecule has 0 spiro atoms. The van der Waals surface area contributed by atoms with Gasteiger partial charge >= 0.3 is 0 Å². The van der Waals surface area contributed by atoms with Gasteiger partial charge in [0.05, 0.1) is 28.3 Å². The zero-order chi connectivity index (χ0) is 26.9. The predicted molar refractivity (Wildman–Crippen MR) is 149 cm³/mol. The number of thiazole rings is 1. The lowest BCUT2D eigenvalue weighted by Gasteiger charge is -2.33. The lowest BCUT2D eigenvalue weighted by Crippen LogP contribution is -2.44. The van der Waals surface area contributed by atoms with Gasteiger partial charge in [-0.05, 0) is 61.7 Å². The predicted octanol–water partition coefficient (Wildman–Crippen LogP) is 5.30. The van der Waals surface area contributed by atoms with E-state index in [1.54, 1.807) is 60.8 Å². The second kappa shape index (κ2) is 11.0. The lowest BCUT2D eigenvalue weighted by atomic mass is 9.96. The first-order valence-corrected chi connectivity index (χ1v) is 14.8. The van der Waals surface area contributed by atoms with Crippen LogP contribution in [0.4, 0.5) is 5.13 Å². The van der Waals surface area contributed by atoms with E-state index in [2.05, 4.69) is 4.98 Å². The molecule has 1 amide bonds. The van der Waals surface area contributed by atoms with E-state index in [1.165, 1.54) is 15.6 Å². The Bertz CT molecular complexity index is 1550. The van der Waals surface area contributed by atoms with Gasteiger partial charge in [-0.3, -0.25) is 14.7 Å². The van der Waals surface area contributed by atoms with Crippen molar-refractivity contribution in [2.75, 3.05) is 25.1 Å². The SMILES string of the molecule is COc1ccc(Cl)c2sc(N(Cc3ccncc3)C(=O)C3CCN(S(=O)(=O)c4ccc(C)cc4)CC3)nc12. The van der Waals surface area contributed by atoms with Crippen molar-refractivity contribution < 1.29 is 17.9 Å². The number of carbonyl (C=O) groups is 1. The summed E-state index contributed by atoms with van der Waals surface area (Å²) >= 11 is 7.79. The number of nitrogens with zero attached hydrogens (tertiary/aromatic N) is 4. The highest BCUT2D eigenvalue weighted by Gasteiger charge is 2.35. The van der Waals surface area contributed by atoms with Crippen LogP contribution in [0.5, 0.6) is 5.75 Å². The number of anilines is 1. The van der Waals surface area contributed by atoms with Crippen molar-refractivity contribution in [1.29, 1.82) is 0 Å². The van der Waals surface area contributed by atoms with E-state index in [0.29, 0.717) is 40.8 Å². The summed E-state index contributed by atoms with van der Waals surface area (Å²) in [7, 11) is -2.05. The molecule has 1 aliphatic rings. The largest absolute Gasteiger partial charge is 0.494 e. The number of ether oxygens (including phenoxy) is 1. The maximum absolute atomic E-state index is 13.9. The van der Waals surface area contributed by atoms with Crippen LogP contribution in [0.2, 0.25) is 5.02 Å². The Morgan fingerprint density at radius 3 is 2.45 bits per heavy atom. The first-order chi connectivity index (χ1) is 18.3. The van der Waals surface area contributed by atoms with Gasteiger partial charge in [0.1, 0.15) is 11.3 Å². The second-order valence-electron chi connectivity index (χ2n) is 9.20. The van der Waals surface area contributed by atoms with Crippen molar-refractivity contribution in [3.05, 3.63) is 77.1 Å². The molecule has 0 bridgehead atoms. The first-order valence-electron chi connectivity index (χ1n) is 12.2. The molecule has 38 heavy (non-hydrogen) atoms. The van der Waals surface area contributed by atoms with Crippen LogP contribution >= 0.6 is 22.9 Å². The molecule has 2 aromatic carbocycles. The third-order valence-electron chi connectivity index (χ3n) is 6.72. The molecule has 0 unspecified atom stereocenters. The van der Waals surface area contributed by atoms with Crippen molar-refractivity contribution >= 4 is 54.2 Å². The number of piperidine rings is 1. The summed E-state index contributed by atoms with van der Waals surface area (Å²) in [5.74, 6) is 0.145. The average Bonchev–Trinajstić information content (AvgIpc) is 3.39. The molecule has 1 fully saturated rings. The number of pyridine rings is 1. The third-order valence-corrected chi connectivity index (χ3v) is 10.2. The molecule has 0 N–H and O–H groups in total. The Kier molecular flexibility index (Phi) is 7.67. The molecule has 0 aliphatic carbocycles. The van der Waals surface area contributed by atoms with Gasteiger partial charge in [0, 0.05) is 31.4 Å². The van der Waals surface area contributed by atoms with Crippen molar-refractivity contribution in [2.24, 2.45) is 5.92 Å². The summed E-state index contributed by atoms with van der Waals surface area (Å²) in [4.78, 5) is 24.7. The Morgan fingerprint density at radius 1 is 1.11 bits per heavy atom. The van der Waals surface area contributed by atoms with E-state index in [-0.39, 0.29) is 29.8 Å². The van der Waals surface area contributed by atoms with Crippen LogP contribution < -0.4 is 9.64 Å².